The van der Waals surface area contributed by atoms with Crippen LogP contribution in [0.1, 0.15) is 6.92 Å². The Labute approximate surface area is 76.5 Å². The zero-order chi connectivity index (χ0) is 9.59. The number of aliphatic hydroxyl groups excluding tert-OH is 1. The van der Waals surface area contributed by atoms with E-state index in [1.165, 1.54) is 0 Å². The smallest absolute Gasteiger partial charge is 0.410 e. The number of rotatable bonds is 1. The number of fused-ring (bicyclic) bond motifs is 1. The average Bonchev–Trinajstić information content (AvgIpc) is 2.54. The van der Waals surface area contributed by atoms with Gasteiger partial charge in [-0.3, -0.25) is 4.90 Å². The number of hydrogen-bond donors (Lipinski definition) is 2. The topological polar surface area (TPSA) is 75.8 Å². The van der Waals surface area contributed by atoms with Gasteiger partial charge in [0.1, 0.15) is 6.10 Å². The number of nitrogens with two attached hydrogens (primary N) is 1. The lowest BCUT2D eigenvalue weighted by Crippen LogP contribution is -2.43. The summed E-state index contributed by atoms with van der Waals surface area (Å²) >= 11 is 0. The summed E-state index contributed by atoms with van der Waals surface area (Å²) in [7, 11) is 0. The molecule has 3 N–H and O–H groups in total. The van der Waals surface area contributed by atoms with E-state index in [2.05, 4.69) is 0 Å². The van der Waals surface area contributed by atoms with Gasteiger partial charge in [0.25, 0.3) is 0 Å². The van der Waals surface area contributed by atoms with E-state index in [-0.39, 0.29) is 36.8 Å². The van der Waals surface area contributed by atoms with Gasteiger partial charge in [-0.05, 0) is 6.92 Å². The number of nitrogens with zero attached hydrogens (tertiary/aromatic N) is 1. The van der Waals surface area contributed by atoms with Crippen molar-refractivity contribution in [2.45, 2.75) is 25.1 Å². The highest BCUT2D eigenvalue weighted by Crippen LogP contribution is 2.31. The molecule has 0 aromatic heterocycles. The zero-order valence-electron chi connectivity index (χ0n) is 7.51. The first-order chi connectivity index (χ1) is 6.15. The first kappa shape index (κ1) is 8.77. The zero-order valence-corrected chi connectivity index (χ0v) is 7.51. The van der Waals surface area contributed by atoms with Gasteiger partial charge in [-0.15, -0.1) is 0 Å². The molecule has 2 saturated heterocycles. The third-order valence-corrected chi connectivity index (χ3v) is 2.97. The number of amides is 1. The van der Waals surface area contributed by atoms with E-state index in [4.69, 9.17) is 15.6 Å². The Hall–Kier alpha value is -0.810. The fourth-order valence-electron chi connectivity index (χ4n) is 2.22. The van der Waals surface area contributed by atoms with E-state index < -0.39 is 0 Å². The molecule has 0 unspecified atom stereocenters. The summed E-state index contributed by atoms with van der Waals surface area (Å²) in [4.78, 5) is 12.9. The molecule has 0 radical (unpaired) electrons. The monoisotopic (exact) mass is 186 g/mol. The van der Waals surface area contributed by atoms with Crippen LogP contribution in [0.3, 0.4) is 0 Å². The lowest BCUT2D eigenvalue weighted by Gasteiger charge is -2.18. The normalized spacial score (nSPS) is 43.6. The number of carbonyl (C=O) groups is 1. The summed E-state index contributed by atoms with van der Waals surface area (Å²) in [5, 5.41) is 9.01. The van der Waals surface area contributed by atoms with Crippen molar-refractivity contribution in [3.8, 4) is 0 Å². The highest BCUT2D eigenvalue weighted by Gasteiger charge is 2.50. The van der Waals surface area contributed by atoms with Gasteiger partial charge in [0.05, 0.1) is 6.04 Å². The maximum atomic E-state index is 11.2. The molecule has 74 valence electrons. The summed E-state index contributed by atoms with van der Waals surface area (Å²) in [6.07, 6.45) is -0.456. The molecule has 5 heteroatoms. The van der Waals surface area contributed by atoms with E-state index >= 15 is 0 Å². The van der Waals surface area contributed by atoms with Crippen LogP contribution >= 0.6 is 0 Å². The van der Waals surface area contributed by atoms with Crippen LogP contribution in [-0.4, -0.2) is 47.4 Å². The van der Waals surface area contributed by atoms with Crippen LogP contribution in [0.5, 0.6) is 0 Å². The molecule has 1 amide bonds. The van der Waals surface area contributed by atoms with E-state index in [0.29, 0.717) is 6.54 Å². The van der Waals surface area contributed by atoms with Gasteiger partial charge in [0.2, 0.25) is 0 Å². The quantitative estimate of drug-likeness (QED) is 0.559. The Morgan fingerprint density at radius 3 is 3.00 bits per heavy atom. The van der Waals surface area contributed by atoms with Gasteiger partial charge in [-0.25, -0.2) is 4.79 Å². The van der Waals surface area contributed by atoms with E-state index in [0.717, 1.165) is 0 Å². The number of hydrogen-bond acceptors (Lipinski definition) is 4. The Kier molecular flexibility index (Phi) is 1.92. The Morgan fingerprint density at radius 2 is 2.46 bits per heavy atom. The van der Waals surface area contributed by atoms with Gasteiger partial charge >= 0.3 is 6.09 Å². The standard InChI is InChI=1S/C8H14N2O3/c1-4-7-6(9)5(3-11)2-10(7)8(12)13-4/h4-7,11H,2-3,9H2,1H3/t4-,5+,6-,7+/m1/s1. The molecule has 2 rings (SSSR count). The van der Waals surface area contributed by atoms with E-state index in [1.54, 1.807) is 4.90 Å². The SMILES string of the molecule is C[C@H]1OC(=O)N2C[C@@H](CO)[C@@H](N)[C@H]12. The van der Waals surface area contributed by atoms with Crippen LogP contribution in [0, 0.1) is 5.92 Å². The second-order valence-corrected chi connectivity index (χ2v) is 3.75. The number of carbonyl (C=O) groups excluding carboxylic acids is 1. The van der Waals surface area contributed by atoms with Crippen LogP contribution in [0.2, 0.25) is 0 Å². The van der Waals surface area contributed by atoms with Crippen LogP contribution in [0.15, 0.2) is 0 Å². The van der Waals surface area contributed by atoms with Crippen molar-refractivity contribution in [2.75, 3.05) is 13.2 Å². The van der Waals surface area contributed by atoms with Crippen molar-refractivity contribution in [3.63, 3.8) is 0 Å². The first-order valence-electron chi connectivity index (χ1n) is 4.49. The maximum Gasteiger partial charge on any atom is 0.410 e. The Bertz CT molecular complexity index is 233. The van der Waals surface area contributed by atoms with Gasteiger partial charge in [0, 0.05) is 25.1 Å². The summed E-state index contributed by atoms with van der Waals surface area (Å²) in [6, 6.07) is -0.212. The Balaban J connectivity index is 2.18. The molecule has 0 saturated carbocycles. The van der Waals surface area contributed by atoms with E-state index in [9.17, 15) is 4.79 Å². The molecule has 13 heavy (non-hydrogen) atoms. The second-order valence-electron chi connectivity index (χ2n) is 3.75. The summed E-state index contributed by atoms with van der Waals surface area (Å²) in [5.74, 6) is 0.000278. The van der Waals surface area contributed by atoms with Crippen molar-refractivity contribution in [2.24, 2.45) is 11.7 Å². The highest BCUT2D eigenvalue weighted by atomic mass is 16.6. The second kappa shape index (κ2) is 2.85. The predicted molar refractivity (Wildman–Crippen MR) is 45.0 cm³/mol. The molecular weight excluding hydrogens is 172 g/mol. The fourth-order valence-corrected chi connectivity index (χ4v) is 2.22. The minimum Gasteiger partial charge on any atom is -0.444 e. The summed E-state index contributed by atoms with van der Waals surface area (Å²) in [5.41, 5.74) is 5.89. The Morgan fingerprint density at radius 1 is 1.77 bits per heavy atom. The van der Waals surface area contributed by atoms with Gasteiger partial charge < -0.3 is 15.6 Å². The van der Waals surface area contributed by atoms with Crippen molar-refractivity contribution < 1.29 is 14.6 Å². The largest absolute Gasteiger partial charge is 0.444 e. The minimum absolute atomic E-state index is 0.000278. The molecule has 4 atom stereocenters. The van der Waals surface area contributed by atoms with Gasteiger partial charge in [0.15, 0.2) is 0 Å². The highest BCUT2D eigenvalue weighted by molar-refractivity contribution is 5.71. The number of cyclic esters (lactones) is 1. The molecule has 0 aromatic rings. The molecule has 2 aliphatic heterocycles. The number of aliphatic hydroxyl groups is 1. The predicted octanol–water partition coefficient (Wildman–Crippen LogP) is -0.855. The fraction of sp³-hybridized carbons (Fsp3) is 0.875. The lowest BCUT2D eigenvalue weighted by molar-refractivity contribution is 0.123. The average molecular weight is 186 g/mol. The minimum atomic E-state index is -0.302. The van der Waals surface area contributed by atoms with Gasteiger partial charge in [-0.1, -0.05) is 0 Å². The van der Waals surface area contributed by atoms with Crippen molar-refractivity contribution in [3.05, 3.63) is 0 Å². The van der Waals surface area contributed by atoms with Crippen molar-refractivity contribution in [1.29, 1.82) is 0 Å². The molecule has 2 aliphatic rings. The van der Waals surface area contributed by atoms with Crippen molar-refractivity contribution in [1.82, 2.24) is 4.90 Å². The van der Waals surface area contributed by atoms with E-state index in [1.807, 2.05) is 6.92 Å². The summed E-state index contributed by atoms with van der Waals surface area (Å²) in [6.45, 7) is 2.39. The van der Waals surface area contributed by atoms with Crippen LogP contribution < -0.4 is 5.73 Å². The number of ether oxygens (including phenoxy) is 1. The van der Waals surface area contributed by atoms with Crippen LogP contribution in [0.25, 0.3) is 0 Å². The van der Waals surface area contributed by atoms with Gasteiger partial charge in [-0.2, -0.15) is 0 Å². The molecule has 0 aromatic carbocycles. The molecule has 2 fully saturated rings. The van der Waals surface area contributed by atoms with Crippen molar-refractivity contribution >= 4 is 6.09 Å². The molecule has 2 heterocycles. The molecule has 0 spiro atoms. The summed E-state index contributed by atoms with van der Waals surface area (Å²) < 4.78 is 5.02. The van der Waals surface area contributed by atoms with Crippen LogP contribution in [0.4, 0.5) is 4.79 Å². The lowest BCUT2D eigenvalue weighted by atomic mass is 9.98. The first-order valence-corrected chi connectivity index (χ1v) is 4.49. The third-order valence-electron chi connectivity index (χ3n) is 2.97. The third kappa shape index (κ3) is 1.11. The molecule has 0 bridgehead atoms. The molecule has 0 aliphatic carbocycles. The molecule has 5 nitrogen and oxygen atoms in total. The maximum absolute atomic E-state index is 11.2. The molecular formula is C8H14N2O3. The van der Waals surface area contributed by atoms with Crippen LogP contribution in [-0.2, 0) is 4.74 Å².